The molecule has 0 bridgehead atoms. The molecule has 3 nitrogen and oxygen atoms in total. The number of methoxy groups -OCH3 is 1. The SMILES string of the molecule is COC1CCN(c2ccc(Cl)cc2CNC(C)(C)C)C1. The summed E-state index contributed by atoms with van der Waals surface area (Å²) in [5.74, 6) is 0. The molecule has 1 aliphatic rings. The second-order valence-corrected chi connectivity index (χ2v) is 6.91. The van der Waals surface area contributed by atoms with Crippen molar-refractivity contribution >= 4 is 17.3 Å². The van der Waals surface area contributed by atoms with Crippen molar-refractivity contribution in [2.75, 3.05) is 25.1 Å². The van der Waals surface area contributed by atoms with E-state index in [1.807, 2.05) is 6.07 Å². The Hall–Kier alpha value is -0.770. The second-order valence-electron chi connectivity index (χ2n) is 6.47. The van der Waals surface area contributed by atoms with Crippen LogP contribution < -0.4 is 10.2 Å². The van der Waals surface area contributed by atoms with Gasteiger partial charge in [0.2, 0.25) is 0 Å². The summed E-state index contributed by atoms with van der Waals surface area (Å²) >= 11 is 6.16. The minimum Gasteiger partial charge on any atom is -0.380 e. The molecule has 1 aliphatic heterocycles. The smallest absolute Gasteiger partial charge is 0.0762 e. The minimum atomic E-state index is 0.0969. The summed E-state index contributed by atoms with van der Waals surface area (Å²) in [5, 5.41) is 4.33. The highest BCUT2D eigenvalue weighted by Crippen LogP contribution is 2.28. The van der Waals surface area contributed by atoms with Crippen LogP contribution in [-0.4, -0.2) is 31.8 Å². The molecule has 0 radical (unpaired) electrons. The van der Waals surface area contributed by atoms with Gasteiger partial charge in [0, 0.05) is 43.0 Å². The average Bonchev–Trinajstić information content (AvgIpc) is 2.84. The van der Waals surface area contributed by atoms with E-state index in [9.17, 15) is 0 Å². The number of ether oxygens (including phenoxy) is 1. The summed E-state index contributed by atoms with van der Waals surface area (Å²) in [7, 11) is 1.79. The Balaban J connectivity index is 2.16. The predicted molar refractivity (Wildman–Crippen MR) is 85.7 cm³/mol. The van der Waals surface area contributed by atoms with Gasteiger partial charge in [-0.05, 0) is 51.0 Å². The zero-order valence-corrected chi connectivity index (χ0v) is 13.6. The maximum atomic E-state index is 6.16. The first-order valence-electron chi connectivity index (χ1n) is 7.20. The monoisotopic (exact) mass is 296 g/mol. The lowest BCUT2D eigenvalue weighted by molar-refractivity contribution is 0.121. The lowest BCUT2D eigenvalue weighted by Gasteiger charge is -2.25. The van der Waals surface area contributed by atoms with Crippen LogP contribution in [-0.2, 0) is 11.3 Å². The van der Waals surface area contributed by atoms with Crippen LogP contribution in [0.25, 0.3) is 0 Å². The van der Waals surface area contributed by atoms with Crippen LogP contribution in [0.2, 0.25) is 5.02 Å². The molecule has 1 atom stereocenters. The number of halogens is 1. The molecule has 0 aromatic heterocycles. The van der Waals surface area contributed by atoms with Gasteiger partial charge in [0.15, 0.2) is 0 Å². The molecule has 1 aromatic carbocycles. The van der Waals surface area contributed by atoms with Crippen molar-refractivity contribution in [2.45, 2.75) is 45.4 Å². The molecule has 4 heteroatoms. The van der Waals surface area contributed by atoms with Gasteiger partial charge in [0.1, 0.15) is 0 Å². The third-order valence-corrected chi connectivity index (χ3v) is 3.90. The Morgan fingerprint density at radius 2 is 2.15 bits per heavy atom. The van der Waals surface area contributed by atoms with Gasteiger partial charge in [-0.15, -0.1) is 0 Å². The van der Waals surface area contributed by atoms with E-state index in [1.165, 1.54) is 11.3 Å². The Morgan fingerprint density at radius 1 is 1.40 bits per heavy atom. The lowest BCUT2D eigenvalue weighted by atomic mass is 10.1. The number of rotatable bonds is 4. The number of hydrogen-bond acceptors (Lipinski definition) is 3. The van der Waals surface area contributed by atoms with Crippen molar-refractivity contribution in [3.63, 3.8) is 0 Å². The van der Waals surface area contributed by atoms with Crippen LogP contribution in [0.1, 0.15) is 32.8 Å². The molecule has 0 aliphatic carbocycles. The largest absolute Gasteiger partial charge is 0.380 e. The minimum absolute atomic E-state index is 0.0969. The highest BCUT2D eigenvalue weighted by Gasteiger charge is 2.24. The van der Waals surface area contributed by atoms with Gasteiger partial charge in [-0.3, -0.25) is 0 Å². The molecule has 20 heavy (non-hydrogen) atoms. The van der Waals surface area contributed by atoms with Gasteiger partial charge in [-0.1, -0.05) is 11.6 Å². The maximum Gasteiger partial charge on any atom is 0.0762 e. The van der Waals surface area contributed by atoms with E-state index in [4.69, 9.17) is 16.3 Å². The zero-order valence-electron chi connectivity index (χ0n) is 12.9. The summed E-state index contributed by atoms with van der Waals surface area (Å²) < 4.78 is 5.46. The summed E-state index contributed by atoms with van der Waals surface area (Å²) in [5.41, 5.74) is 2.62. The molecule has 112 valence electrons. The van der Waals surface area contributed by atoms with Crippen molar-refractivity contribution < 1.29 is 4.74 Å². The summed E-state index contributed by atoms with van der Waals surface area (Å²) in [6.07, 6.45) is 1.43. The zero-order chi connectivity index (χ0) is 14.8. The van der Waals surface area contributed by atoms with Crippen molar-refractivity contribution in [2.24, 2.45) is 0 Å². The fraction of sp³-hybridized carbons (Fsp3) is 0.625. The van der Waals surface area contributed by atoms with Crippen molar-refractivity contribution in [3.05, 3.63) is 28.8 Å². The number of hydrogen-bond donors (Lipinski definition) is 1. The molecule has 0 amide bonds. The first-order chi connectivity index (χ1) is 9.39. The van der Waals surface area contributed by atoms with E-state index in [1.54, 1.807) is 7.11 Å². The molecule has 1 unspecified atom stereocenters. The van der Waals surface area contributed by atoms with Crippen molar-refractivity contribution in [3.8, 4) is 0 Å². The first-order valence-corrected chi connectivity index (χ1v) is 7.58. The maximum absolute atomic E-state index is 6.16. The number of nitrogens with one attached hydrogen (secondary N) is 1. The van der Waals surface area contributed by atoms with Crippen LogP contribution in [0.3, 0.4) is 0 Å². The fourth-order valence-corrected chi connectivity index (χ4v) is 2.70. The average molecular weight is 297 g/mol. The third-order valence-electron chi connectivity index (χ3n) is 3.67. The molecular formula is C16H25ClN2O. The highest BCUT2D eigenvalue weighted by molar-refractivity contribution is 6.30. The molecule has 2 rings (SSSR count). The van der Waals surface area contributed by atoms with E-state index >= 15 is 0 Å². The van der Waals surface area contributed by atoms with Gasteiger partial charge in [-0.25, -0.2) is 0 Å². The van der Waals surface area contributed by atoms with Gasteiger partial charge < -0.3 is 15.0 Å². The predicted octanol–water partition coefficient (Wildman–Crippen LogP) is 3.45. The molecule has 1 aromatic rings. The lowest BCUT2D eigenvalue weighted by Crippen LogP contribution is -2.35. The van der Waals surface area contributed by atoms with E-state index in [0.717, 1.165) is 31.1 Å². The van der Waals surface area contributed by atoms with E-state index in [-0.39, 0.29) is 5.54 Å². The molecule has 1 saturated heterocycles. The quantitative estimate of drug-likeness (QED) is 0.921. The third kappa shape index (κ3) is 4.11. The first kappa shape index (κ1) is 15.6. The van der Waals surface area contributed by atoms with E-state index in [2.05, 4.69) is 43.1 Å². The Labute approximate surface area is 127 Å². The summed E-state index contributed by atoms with van der Waals surface area (Å²) in [6.45, 7) is 9.35. The van der Waals surface area contributed by atoms with Gasteiger partial charge in [-0.2, -0.15) is 0 Å². The van der Waals surface area contributed by atoms with E-state index in [0.29, 0.717) is 6.10 Å². The summed E-state index contributed by atoms with van der Waals surface area (Å²) in [4.78, 5) is 2.39. The van der Waals surface area contributed by atoms with Gasteiger partial charge >= 0.3 is 0 Å². The van der Waals surface area contributed by atoms with Crippen molar-refractivity contribution in [1.29, 1.82) is 0 Å². The van der Waals surface area contributed by atoms with Crippen LogP contribution >= 0.6 is 11.6 Å². The number of nitrogens with zero attached hydrogens (tertiary/aromatic N) is 1. The van der Waals surface area contributed by atoms with Crippen LogP contribution in [0.15, 0.2) is 18.2 Å². The molecule has 1 fully saturated rings. The topological polar surface area (TPSA) is 24.5 Å². The van der Waals surface area contributed by atoms with Gasteiger partial charge in [0.05, 0.1) is 6.10 Å². The number of anilines is 1. The van der Waals surface area contributed by atoms with Crippen LogP contribution in [0.5, 0.6) is 0 Å². The highest BCUT2D eigenvalue weighted by atomic mass is 35.5. The van der Waals surface area contributed by atoms with Crippen molar-refractivity contribution in [1.82, 2.24) is 5.32 Å². The standard InChI is InChI=1S/C16H25ClN2O/c1-16(2,3)18-10-12-9-13(17)5-6-15(12)19-8-7-14(11-19)20-4/h5-6,9,14,18H,7-8,10-11H2,1-4H3. The Kier molecular flexibility index (Phi) is 4.95. The molecule has 0 saturated carbocycles. The summed E-state index contributed by atoms with van der Waals surface area (Å²) in [6, 6.07) is 6.16. The molecule has 1 heterocycles. The second kappa shape index (κ2) is 6.33. The normalized spacial score (nSPS) is 19.6. The molecular weight excluding hydrogens is 272 g/mol. The molecule has 1 N–H and O–H groups in total. The Bertz CT molecular complexity index is 456. The van der Waals surface area contributed by atoms with Gasteiger partial charge in [0.25, 0.3) is 0 Å². The molecule has 0 spiro atoms. The Morgan fingerprint density at radius 3 is 2.75 bits per heavy atom. The number of benzene rings is 1. The fourth-order valence-electron chi connectivity index (χ4n) is 2.50. The van der Waals surface area contributed by atoms with Crippen LogP contribution in [0, 0.1) is 0 Å². The van der Waals surface area contributed by atoms with E-state index < -0.39 is 0 Å². The van der Waals surface area contributed by atoms with Crippen LogP contribution in [0.4, 0.5) is 5.69 Å².